The van der Waals surface area contributed by atoms with E-state index >= 15 is 0 Å². The van der Waals surface area contributed by atoms with Crippen molar-refractivity contribution in [3.8, 4) is 17.2 Å². The van der Waals surface area contributed by atoms with E-state index < -0.39 is 6.09 Å². The van der Waals surface area contributed by atoms with Crippen molar-refractivity contribution in [1.29, 1.82) is 5.26 Å². The van der Waals surface area contributed by atoms with Gasteiger partial charge in [0.25, 0.3) is 0 Å². The molecule has 1 aliphatic rings. The van der Waals surface area contributed by atoms with Gasteiger partial charge in [0, 0.05) is 12.5 Å². The van der Waals surface area contributed by atoms with Crippen LogP contribution < -0.4 is 5.32 Å². The first-order chi connectivity index (χ1) is 15.2. The van der Waals surface area contributed by atoms with Crippen molar-refractivity contribution < 1.29 is 9.53 Å². The summed E-state index contributed by atoms with van der Waals surface area (Å²) in [6, 6.07) is 24.5. The second-order valence-corrected chi connectivity index (χ2v) is 7.65. The molecule has 0 bridgehead atoms. The van der Waals surface area contributed by atoms with Crippen LogP contribution in [0.4, 0.5) is 4.79 Å². The Morgan fingerprint density at radius 1 is 1.06 bits per heavy atom. The standard InChI is InChI=1S/C27H24N2O2/c1-19-13-14-21(17-28)20(16-19)8-6-7-15-29-27(30)31-18-26-24-11-4-2-9-22(24)23-10-3-5-12-25(23)26/h2-6,8-14,16,26H,7,15,18H2,1H3,(H,29,30). The van der Waals surface area contributed by atoms with E-state index in [1.807, 2.05) is 61.5 Å². The summed E-state index contributed by atoms with van der Waals surface area (Å²) in [5.74, 6) is 0.0590. The van der Waals surface area contributed by atoms with E-state index in [2.05, 4.69) is 35.7 Å². The van der Waals surface area contributed by atoms with E-state index in [9.17, 15) is 10.1 Å². The molecule has 4 nitrogen and oxygen atoms in total. The molecule has 0 saturated heterocycles. The van der Waals surface area contributed by atoms with Crippen LogP contribution in [-0.2, 0) is 4.74 Å². The maximum absolute atomic E-state index is 12.2. The molecule has 1 N–H and O–H groups in total. The second kappa shape index (κ2) is 9.32. The monoisotopic (exact) mass is 408 g/mol. The molecule has 0 unspecified atom stereocenters. The van der Waals surface area contributed by atoms with Gasteiger partial charge in [-0.3, -0.25) is 0 Å². The van der Waals surface area contributed by atoms with Crippen molar-refractivity contribution in [3.63, 3.8) is 0 Å². The molecule has 0 aromatic heterocycles. The third-order valence-corrected chi connectivity index (χ3v) is 5.55. The quantitative estimate of drug-likeness (QED) is 0.524. The molecule has 0 fully saturated rings. The first-order valence-corrected chi connectivity index (χ1v) is 10.4. The van der Waals surface area contributed by atoms with Gasteiger partial charge < -0.3 is 10.1 Å². The molecule has 0 atom stereocenters. The largest absolute Gasteiger partial charge is 0.449 e. The molecule has 0 saturated carbocycles. The Morgan fingerprint density at radius 2 is 1.74 bits per heavy atom. The third kappa shape index (κ3) is 4.51. The van der Waals surface area contributed by atoms with Crippen molar-refractivity contribution >= 4 is 12.2 Å². The Balaban J connectivity index is 1.29. The van der Waals surface area contributed by atoms with E-state index in [0.29, 0.717) is 25.1 Å². The van der Waals surface area contributed by atoms with Crippen LogP contribution in [-0.4, -0.2) is 19.2 Å². The number of nitrogens with zero attached hydrogens (tertiary/aromatic N) is 1. The minimum atomic E-state index is -0.413. The van der Waals surface area contributed by atoms with Crippen LogP contribution in [0.25, 0.3) is 17.2 Å². The highest BCUT2D eigenvalue weighted by atomic mass is 16.5. The third-order valence-electron chi connectivity index (χ3n) is 5.55. The van der Waals surface area contributed by atoms with E-state index in [1.165, 1.54) is 22.3 Å². The molecule has 0 heterocycles. The molecule has 154 valence electrons. The number of rotatable bonds is 6. The van der Waals surface area contributed by atoms with Gasteiger partial charge in [-0.15, -0.1) is 0 Å². The average Bonchev–Trinajstić information content (AvgIpc) is 3.11. The first kappa shape index (κ1) is 20.4. The van der Waals surface area contributed by atoms with E-state index in [-0.39, 0.29) is 5.92 Å². The predicted molar refractivity (Wildman–Crippen MR) is 123 cm³/mol. The number of ether oxygens (including phenoxy) is 1. The average molecular weight is 409 g/mol. The van der Waals surface area contributed by atoms with Gasteiger partial charge >= 0.3 is 6.09 Å². The zero-order valence-corrected chi connectivity index (χ0v) is 17.5. The summed E-state index contributed by atoms with van der Waals surface area (Å²) >= 11 is 0. The SMILES string of the molecule is Cc1ccc(C#N)c(C=CCCNC(=O)OCC2c3ccccc3-c3ccccc32)c1. The van der Waals surface area contributed by atoms with Crippen LogP contribution in [0.15, 0.2) is 72.8 Å². The molecule has 1 amide bonds. The molecule has 31 heavy (non-hydrogen) atoms. The van der Waals surface area contributed by atoms with Gasteiger partial charge in [0.2, 0.25) is 0 Å². The zero-order valence-electron chi connectivity index (χ0n) is 17.5. The minimum absolute atomic E-state index is 0.0590. The molecule has 4 heteroatoms. The summed E-state index contributed by atoms with van der Waals surface area (Å²) in [4.78, 5) is 12.2. The van der Waals surface area contributed by atoms with Crippen molar-refractivity contribution in [2.45, 2.75) is 19.3 Å². The Kier molecular flexibility index (Phi) is 6.14. The first-order valence-electron chi connectivity index (χ1n) is 10.4. The number of nitriles is 1. The molecule has 1 aliphatic carbocycles. The van der Waals surface area contributed by atoms with Gasteiger partial charge in [0.15, 0.2) is 0 Å². The number of amides is 1. The summed E-state index contributed by atoms with van der Waals surface area (Å²) in [6.45, 7) is 2.78. The van der Waals surface area contributed by atoms with Crippen LogP contribution in [0.3, 0.4) is 0 Å². The lowest BCUT2D eigenvalue weighted by Crippen LogP contribution is -2.26. The summed E-state index contributed by atoms with van der Waals surface area (Å²) < 4.78 is 5.54. The summed E-state index contributed by atoms with van der Waals surface area (Å²) in [5.41, 5.74) is 7.47. The molecule has 3 aromatic rings. The van der Waals surface area contributed by atoms with Crippen molar-refractivity contribution in [2.24, 2.45) is 0 Å². The van der Waals surface area contributed by atoms with Gasteiger partial charge in [0.1, 0.15) is 6.61 Å². The van der Waals surface area contributed by atoms with Gasteiger partial charge in [-0.1, -0.05) is 78.4 Å². The number of hydrogen-bond acceptors (Lipinski definition) is 3. The molecule has 0 radical (unpaired) electrons. The molecule has 0 aliphatic heterocycles. The number of carbonyl (C=O) groups excluding carboxylic acids is 1. The smallest absolute Gasteiger partial charge is 0.407 e. The minimum Gasteiger partial charge on any atom is -0.449 e. The van der Waals surface area contributed by atoms with Gasteiger partial charge in [-0.05, 0) is 47.2 Å². The topological polar surface area (TPSA) is 62.1 Å². The fourth-order valence-electron chi connectivity index (χ4n) is 4.04. The highest BCUT2D eigenvalue weighted by Gasteiger charge is 2.28. The van der Waals surface area contributed by atoms with Gasteiger partial charge in [-0.25, -0.2) is 4.79 Å². The van der Waals surface area contributed by atoms with E-state index in [1.54, 1.807) is 0 Å². The Labute approximate surface area is 182 Å². The normalized spacial score (nSPS) is 12.3. The number of benzene rings is 3. The molecular weight excluding hydrogens is 384 g/mol. The highest BCUT2D eigenvalue weighted by Crippen LogP contribution is 2.44. The fraction of sp³-hybridized carbons (Fsp3) is 0.185. The van der Waals surface area contributed by atoms with E-state index in [4.69, 9.17) is 4.74 Å². The number of nitrogens with one attached hydrogen (secondary N) is 1. The number of hydrogen-bond donors (Lipinski definition) is 1. The number of carbonyl (C=O) groups is 1. The van der Waals surface area contributed by atoms with Crippen molar-refractivity contribution in [3.05, 3.63) is 101 Å². The maximum Gasteiger partial charge on any atom is 0.407 e. The Morgan fingerprint density at radius 3 is 2.42 bits per heavy atom. The molecular formula is C27H24N2O2. The second-order valence-electron chi connectivity index (χ2n) is 7.65. The van der Waals surface area contributed by atoms with Crippen molar-refractivity contribution in [2.75, 3.05) is 13.2 Å². The summed E-state index contributed by atoms with van der Waals surface area (Å²) in [5, 5.41) is 12.0. The van der Waals surface area contributed by atoms with Crippen LogP contribution in [0, 0.1) is 18.3 Å². The Bertz CT molecular complexity index is 1130. The van der Waals surface area contributed by atoms with Crippen LogP contribution >= 0.6 is 0 Å². The lowest BCUT2D eigenvalue weighted by molar-refractivity contribution is 0.143. The Hall–Kier alpha value is -3.84. The van der Waals surface area contributed by atoms with Gasteiger partial charge in [0.05, 0.1) is 11.6 Å². The molecule has 3 aromatic carbocycles. The van der Waals surface area contributed by atoms with Crippen LogP contribution in [0.5, 0.6) is 0 Å². The zero-order chi connectivity index (χ0) is 21.6. The number of aryl methyl sites for hydroxylation is 1. The lowest BCUT2D eigenvalue weighted by Gasteiger charge is -2.14. The number of alkyl carbamates (subject to hydrolysis) is 1. The summed E-state index contributed by atoms with van der Waals surface area (Å²) in [6.07, 6.45) is 4.12. The highest BCUT2D eigenvalue weighted by molar-refractivity contribution is 5.79. The molecule has 0 spiro atoms. The molecule has 4 rings (SSSR count). The summed E-state index contributed by atoms with van der Waals surface area (Å²) in [7, 11) is 0. The maximum atomic E-state index is 12.2. The fourth-order valence-corrected chi connectivity index (χ4v) is 4.04. The predicted octanol–water partition coefficient (Wildman–Crippen LogP) is 5.81. The van der Waals surface area contributed by atoms with Crippen LogP contribution in [0.1, 0.15) is 40.2 Å². The number of fused-ring (bicyclic) bond motifs is 3. The van der Waals surface area contributed by atoms with Crippen molar-refractivity contribution in [1.82, 2.24) is 5.32 Å². The van der Waals surface area contributed by atoms with Crippen LogP contribution in [0.2, 0.25) is 0 Å². The lowest BCUT2D eigenvalue weighted by atomic mass is 9.98. The van der Waals surface area contributed by atoms with Gasteiger partial charge in [-0.2, -0.15) is 5.26 Å². The van der Waals surface area contributed by atoms with E-state index in [0.717, 1.165) is 11.1 Å².